The lowest BCUT2D eigenvalue weighted by Crippen LogP contribution is -2.36. The van der Waals surface area contributed by atoms with Crippen molar-refractivity contribution >= 4 is 21.6 Å². The quantitative estimate of drug-likeness (QED) is 0.854. The maximum Gasteiger partial charge on any atom is 0.0992 e. The predicted octanol–water partition coefficient (Wildman–Crippen LogP) is 2.47. The van der Waals surface area contributed by atoms with Crippen molar-refractivity contribution in [2.45, 2.75) is 0 Å². The Labute approximate surface area is 114 Å². The molecule has 1 aliphatic heterocycles. The Hall–Kier alpha value is -1.33. The molecule has 1 aromatic carbocycles. The van der Waals surface area contributed by atoms with E-state index in [-0.39, 0.29) is 0 Å². The average Bonchev–Trinajstić information content (AvgIpc) is 2.93. The average molecular weight is 308 g/mol. The summed E-state index contributed by atoms with van der Waals surface area (Å²) in [5.74, 6) is 0. The van der Waals surface area contributed by atoms with Gasteiger partial charge >= 0.3 is 0 Å². The molecule has 0 N–H and O–H groups in total. The van der Waals surface area contributed by atoms with Crippen LogP contribution >= 0.6 is 15.9 Å². The molecule has 1 saturated heterocycles. The predicted molar refractivity (Wildman–Crippen MR) is 74.3 cm³/mol. The number of hydrogen-bond acceptors (Lipinski definition) is 3. The monoisotopic (exact) mass is 307 g/mol. The Morgan fingerprint density at radius 1 is 1.22 bits per heavy atom. The van der Waals surface area contributed by atoms with Crippen LogP contribution in [-0.4, -0.2) is 35.9 Å². The van der Waals surface area contributed by atoms with Gasteiger partial charge in [-0.05, 0) is 34.1 Å². The molecule has 1 fully saturated rings. The number of anilines is 1. The molecule has 0 unspecified atom stereocenters. The van der Waals surface area contributed by atoms with Crippen LogP contribution in [0.15, 0.2) is 41.4 Å². The molecule has 0 aliphatic carbocycles. The third kappa shape index (κ3) is 2.28. The number of aromatic nitrogens is 2. The fourth-order valence-electron chi connectivity index (χ4n) is 2.13. The molecule has 0 saturated carbocycles. The summed E-state index contributed by atoms with van der Waals surface area (Å²) in [4.78, 5) is 6.41. The zero-order valence-corrected chi connectivity index (χ0v) is 11.5. The van der Waals surface area contributed by atoms with Crippen molar-refractivity contribution < 1.29 is 4.74 Å². The minimum atomic E-state index is 0.806. The summed E-state index contributed by atoms with van der Waals surface area (Å²) in [5.41, 5.74) is 2.33. The standard InChI is InChI=1S/C13H14BrN3O/c14-12-9-11(16-5-7-18-8-6-16)1-2-13(12)17-4-3-15-10-17/h1-4,9-10H,5-8H2. The Bertz CT molecular complexity index is 521. The molecule has 1 aromatic heterocycles. The highest BCUT2D eigenvalue weighted by Crippen LogP contribution is 2.27. The third-order valence-corrected chi connectivity index (χ3v) is 3.73. The normalized spacial score (nSPS) is 15.9. The summed E-state index contributed by atoms with van der Waals surface area (Å²) < 4.78 is 8.44. The molecule has 0 atom stereocenters. The number of imidazole rings is 1. The van der Waals surface area contributed by atoms with Gasteiger partial charge in [-0.2, -0.15) is 0 Å². The Morgan fingerprint density at radius 3 is 2.72 bits per heavy atom. The number of nitrogens with zero attached hydrogens (tertiary/aromatic N) is 3. The number of hydrogen-bond donors (Lipinski definition) is 0. The van der Waals surface area contributed by atoms with Gasteiger partial charge in [-0.25, -0.2) is 4.98 Å². The molecule has 0 bridgehead atoms. The van der Waals surface area contributed by atoms with Gasteiger partial charge in [0.1, 0.15) is 0 Å². The second-order valence-corrected chi connectivity index (χ2v) is 5.06. The van der Waals surface area contributed by atoms with Crippen molar-refractivity contribution in [2.75, 3.05) is 31.2 Å². The van der Waals surface area contributed by atoms with Crippen LogP contribution in [0.4, 0.5) is 5.69 Å². The molecular weight excluding hydrogens is 294 g/mol. The van der Waals surface area contributed by atoms with Gasteiger partial charge in [0, 0.05) is 35.6 Å². The first-order valence-electron chi connectivity index (χ1n) is 5.95. The van der Waals surface area contributed by atoms with Crippen LogP contribution in [0, 0.1) is 0 Å². The van der Waals surface area contributed by atoms with Crippen molar-refractivity contribution in [1.82, 2.24) is 9.55 Å². The fourth-order valence-corrected chi connectivity index (χ4v) is 2.70. The lowest BCUT2D eigenvalue weighted by molar-refractivity contribution is 0.122. The van der Waals surface area contributed by atoms with E-state index in [1.807, 2.05) is 10.8 Å². The SMILES string of the molecule is Brc1cc(N2CCOCC2)ccc1-n1ccnc1. The van der Waals surface area contributed by atoms with Gasteiger partial charge in [0.15, 0.2) is 0 Å². The molecule has 0 spiro atoms. The summed E-state index contributed by atoms with van der Waals surface area (Å²) in [6.07, 6.45) is 5.52. The molecule has 2 heterocycles. The van der Waals surface area contributed by atoms with E-state index in [1.165, 1.54) is 5.69 Å². The van der Waals surface area contributed by atoms with E-state index >= 15 is 0 Å². The Morgan fingerprint density at radius 2 is 2.06 bits per heavy atom. The van der Waals surface area contributed by atoms with Crippen LogP contribution in [0.25, 0.3) is 5.69 Å². The van der Waals surface area contributed by atoms with Crippen LogP contribution in [0.5, 0.6) is 0 Å². The highest BCUT2D eigenvalue weighted by Gasteiger charge is 2.12. The molecular formula is C13H14BrN3O. The van der Waals surface area contributed by atoms with E-state index in [2.05, 4.69) is 44.0 Å². The summed E-state index contributed by atoms with van der Waals surface area (Å²) in [7, 11) is 0. The van der Waals surface area contributed by atoms with E-state index in [0.717, 1.165) is 36.5 Å². The third-order valence-electron chi connectivity index (χ3n) is 3.09. The van der Waals surface area contributed by atoms with Gasteiger partial charge < -0.3 is 14.2 Å². The molecule has 94 valence electrons. The molecule has 1 aliphatic rings. The van der Waals surface area contributed by atoms with Crippen LogP contribution in [-0.2, 0) is 4.74 Å². The zero-order valence-electron chi connectivity index (χ0n) is 9.92. The maximum absolute atomic E-state index is 5.37. The van der Waals surface area contributed by atoms with Crippen LogP contribution < -0.4 is 4.90 Å². The largest absolute Gasteiger partial charge is 0.378 e. The van der Waals surface area contributed by atoms with Crippen LogP contribution in [0.2, 0.25) is 0 Å². The van der Waals surface area contributed by atoms with Crippen molar-refractivity contribution in [3.8, 4) is 5.69 Å². The van der Waals surface area contributed by atoms with Gasteiger partial charge in [0.2, 0.25) is 0 Å². The second kappa shape index (κ2) is 5.12. The van der Waals surface area contributed by atoms with Crippen molar-refractivity contribution in [3.05, 3.63) is 41.4 Å². The minimum Gasteiger partial charge on any atom is -0.378 e. The smallest absolute Gasteiger partial charge is 0.0992 e. The van der Waals surface area contributed by atoms with E-state index in [4.69, 9.17) is 4.74 Å². The first-order chi connectivity index (χ1) is 8.84. The molecule has 4 nitrogen and oxygen atoms in total. The van der Waals surface area contributed by atoms with E-state index in [0.29, 0.717) is 0 Å². The highest BCUT2D eigenvalue weighted by atomic mass is 79.9. The molecule has 3 rings (SSSR count). The Balaban J connectivity index is 1.89. The van der Waals surface area contributed by atoms with Gasteiger partial charge in [-0.15, -0.1) is 0 Å². The minimum absolute atomic E-state index is 0.806. The van der Waals surface area contributed by atoms with Gasteiger partial charge in [0.05, 0.1) is 25.2 Å². The first kappa shape index (κ1) is 11.7. The molecule has 2 aromatic rings. The number of rotatable bonds is 2. The molecule has 5 heteroatoms. The van der Waals surface area contributed by atoms with Gasteiger partial charge in [0.25, 0.3) is 0 Å². The van der Waals surface area contributed by atoms with Gasteiger partial charge in [-0.3, -0.25) is 0 Å². The van der Waals surface area contributed by atoms with E-state index in [9.17, 15) is 0 Å². The van der Waals surface area contributed by atoms with Gasteiger partial charge in [-0.1, -0.05) is 0 Å². The Kier molecular flexibility index (Phi) is 3.34. The van der Waals surface area contributed by atoms with Crippen molar-refractivity contribution in [3.63, 3.8) is 0 Å². The number of benzene rings is 1. The van der Waals surface area contributed by atoms with Crippen LogP contribution in [0.1, 0.15) is 0 Å². The van der Waals surface area contributed by atoms with E-state index in [1.54, 1.807) is 12.5 Å². The summed E-state index contributed by atoms with van der Waals surface area (Å²) in [6.45, 7) is 3.52. The number of halogens is 1. The fraction of sp³-hybridized carbons (Fsp3) is 0.308. The highest BCUT2D eigenvalue weighted by molar-refractivity contribution is 9.10. The second-order valence-electron chi connectivity index (χ2n) is 4.21. The number of morpholine rings is 1. The zero-order chi connectivity index (χ0) is 12.4. The lowest BCUT2D eigenvalue weighted by atomic mass is 10.2. The van der Waals surface area contributed by atoms with E-state index < -0.39 is 0 Å². The molecule has 18 heavy (non-hydrogen) atoms. The molecule has 0 amide bonds. The van der Waals surface area contributed by atoms with Crippen LogP contribution in [0.3, 0.4) is 0 Å². The van der Waals surface area contributed by atoms with Crippen molar-refractivity contribution in [2.24, 2.45) is 0 Å². The topological polar surface area (TPSA) is 30.3 Å². The van der Waals surface area contributed by atoms with Crippen molar-refractivity contribution in [1.29, 1.82) is 0 Å². The summed E-state index contributed by atoms with van der Waals surface area (Å²) in [6, 6.07) is 6.41. The maximum atomic E-state index is 5.37. The first-order valence-corrected chi connectivity index (χ1v) is 6.74. The summed E-state index contributed by atoms with van der Waals surface area (Å²) in [5, 5.41) is 0. The molecule has 0 radical (unpaired) electrons. The summed E-state index contributed by atoms with van der Waals surface area (Å²) >= 11 is 3.63. The number of ether oxygens (including phenoxy) is 1. The lowest BCUT2D eigenvalue weighted by Gasteiger charge is -2.29.